The van der Waals surface area contributed by atoms with Crippen molar-refractivity contribution in [1.82, 2.24) is 0 Å². The van der Waals surface area contributed by atoms with Gasteiger partial charge in [0.1, 0.15) is 0 Å². The van der Waals surface area contributed by atoms with Crippen molar-refractivity contribution in [2.75, 3.05) is 0 Å². The van der Waals surface area contributed by atoms with Crippen molar-refractivity contribution < 1.29 is 8.85 Å². The van der Waals surface area contributed by atoms with Crippen LogP contribution in [0.25, 0.3) is 0 Å². The lowest BCUT2D eigenvalue weighted by atomic mass is 10.1. The Balaban J connectivity index is 3.71. The van der Waals surface area contributed by atoms with Gasteiger partial charge in [-0.2, -0.15) is 0 Å². The van der Waals surface area contributed by atoms with Crippen LogP contribution in [-0.2, 0) is 8.85 Å². The third kappa shape index (κ3) is 17.8. The van der Waals surface area contributed by atoms with Gasteiger partial charge in [0.25, 0.3) is 0 Å². The van der Waals surface area contributed by atoms with E-state index in [0.717, 1.165) is 0 Å². The molecule has 0 aliphatic carbocycles. The van der Waals surface area contributed by atoms with Gasteiger partial charge in [-0.05, 0) is 37.8 Å². The molecule has 0 spiro atoms. The van der Waals surface area contributed by atoms with E-state index in [9.17, 15) is 0 Å². The van der Waals surface area contributed by atoms with E-state index < -0.39 is 0 Å². The minimum absolute atomic E-state index is 0.320. The molecule has 26 heavy (non-hydrogen) atoms. The zero-order valence-corrected chi connectivity index (χ0v) is 21.5. The third-order valence-corrected chi connectivity index (χ3v) is 9.22. The van der Waals surface area contributed by atoms with Crippen LogP contribution < -0.4 is 0 Å². The summed E-state index contributed by atoms with van der Waals surface area (Å²) in [7, 11) is -0.641. The van der Waals surface area contributed by atoms with E-state index in [1.54, 1.807) is 0 Å². The predicted molar refractivity (Wildman–Crippen MR) is 124 cm³/mol. The first-order chi connectivity index (χ1) is 12.8. The molecule has 0 aromatic carbocycles. The van der Waals surface area contributed by atoms with Gasteiger partial charge in [0.2, 0.25) is 0 Å². The van der Waals surface area contributed by atoms with Crippen LogP contribution in [0.3, 0.4) is 0 Å². The van der Waals surface area contributed by atoms with Crippen molar-refractivity contribution in [2.24, 2.45) is 0 Å². The minimum Gasteiger partial charge on any atom is -0.421 e. The second kappa shape index (κ2) is 21.7. The minimum atomic E-state index is -0.320. The lowest BCUT2D eigenvalue weighted by molar-refractivity contribution is 0.180. The van der Waals surface area contributed by atoms with Gasteiger partial charge in [-0.1, -0.05) is 91.9 Å². The second-order valence-electron chi connectivity index (χ2n) is 7.97. The molecule has 0 aliphatic rings. The first kappa shape index (κ1) is 26.4. The summed E-state index contributed by atoms with van der Waals surface area (Å²) in [5.74, 6) is 0. The Morgan fingerprint density at radius 1 is 0.500 bits per heavy atom. The van der Waals surface area contributed by atoms with Crippen LogP contribution in [0.2, 0.25) is 12.1 Å². The van der Waals surface area contributed by atoms with Crippen LogP contribution in [0.15, 0.2) is 0 Å². The average Bonchev–Trinajstić information content (AvgIpc) is 2.64. The summed E-state index contributed by atoms with van der Waals surface area (Å²) >= 11 is 0. The molecule has 2 unspecified atom stereocenters. The molecule has 2 nitrogen and oxygen atoms in total. The molecule has 0 heterocycles. The molecule has 0 aromatic rings. The van der Waals surface area contributed by atoms with Crippen molar-refractivity contribution in [3.8, 4) is 0 Å². The Bertz CT molecular complexity index is 239. The van der Waals surface area contributed by atoms with E-state index in [4.69, 9.17) is 8.85 Å². The molecule has 0 rings (SSSR count). The summed E-state index contributed by atoms with van der Waals surface area (Å²) in [6, 6.07) is 2.69. The van der Waals surface area contributed by atoms with Crippen molar-refractivity contribution >= 4 is 19.5 Å². The van der Waals surface area contributed by atoms with E-state index in [2.05, 4.69) is 27.7 Å². The molecule has 0 fully saturated rings. The molecule has 2 atom stereocenters. The van der Waals surface area contributed by atoms with Gasteiger partial charge in [-0.3, -0.25) is 0 Å². The van der Waals surface area contributed by atoms with Crippen molar-refractivity contribution in [3.05, 3.63) is 0 Å². The zero-order valence-electron chi connectivity index (χ0n) is 18.7. The lowest BCUT2D eigenvalue weighted by Gasteiger charge is -2.19. The highest BCUT2D eigenvalue weighted by molar-refractivity contribution is 6.34. The molecule has 0 bridgehead atoms. The number of hydrogen-bond donors (Lipinski definition) is 0. The van der Waals surface area contributed by atoms with Gasteiger partial charge >= 0.3 is 0 Å². The maximum atomic E-state index is 6.31. The fraction of sp³-hybridized carbons (Fsp3) is 1.00. The summed E-state index contributed by atoms with van der Waals surface area (Å²) in [6.07, 6.45) is 19.7. The van der Waals surface area contributed by atoms with E-state index in [1.807, 2.05) is 0 Å². The van der Waals surface area contributed by atoms with Crippen molar-refractivity contribution in [2.45, 2.75) is 142 Å². The summed E-state index contributed by atoms with van der Waals surface area (Å²) in [4.78, 5) is 0. The van der Waals surface area contributed by atoms with Gasteiger partial charge in [0, 0.05) is 12.2 Å². The topological polar surface area (TPSA) is 18.5 Å². The lowest BCUT2D eigenvalue weighted by Crippen LogP contribution is -2.18. The average molecular weight is 403 g/mol. The quantitative estimate of drug-likeness (QED) is 0.166. The molecule has 0 saturated heterocycles. The number of rotatable bonds is 21. The van der Waals surface area contributed by atoms with Crippen LogP contribution in [-0.4, -0.2) is 31.7 Å². The van der Waals surface area contributed by atoms with Gasteiger partial charge in [-0.15, -0.1) is 0 Å². The van der Waals surface area contributed by atoms with Gasteiger partial charge in [-0.25, -0.2) is 0 Å². The standard InChI is InChI=1S/C22H50O2Si2/c1-5-9-11-13-17-21(15-7-3)23-25-19-20-26-24-22(16-8-4)18-14-12-10-6-2/h21-22H,5-20,25-26H2,1-4H3. The van der Waals surface area contributed by atoms with Crippen LogP contribution >= 0.6 is 0 Å². The summed E-state index contributed by atoms with van der Waals surface area (Å²) < 4.78 is 12.6. The molecule has 0 saturated carbocycles. The molecule has 0 radical (unpaired) electrons. The summed E-state index contributed by atoms with van der Waals surface area (Å²) in [5.41, 5.74) is 0. The summed E-state index contributed by atoms with van der Waals surface area (Å²) in [5, 5.41) is 0. The molecule has 0 aliphatic heterocycles. The van der Waals surface area contributed by atoms with E-state index in [1.165, 1.54) is 102 Å². The van der Waals surface area contributed by atoms with Gasteiger partial charge < -0.3 is 8.85 Å². The second-order valence-corrected chi connectivity index (χ2v) is 10.9. The van der Waals surface area contributed by atoms with E-state index in [-0.39, 0.29) is 19.5 Å². The fourth-order valence-electron chi connectivity index (χ4n) is 3.57. The van der Waals surface area contributed by atoms with Crippen molar-refractivity contribution in [3.63, 3.8) is 0 Å². The number of unbranched alkanes of at least 4 members (excludes halogenated alkanes) is 6. The van der Waals surface area contributed by atoms with Crippen LogP contribution in [0.1, 0.15) is 118 Å². The SMILES string of the molecule is CCCCCCC(CCC)O[SiH2]CC[SiH2]OC(CCC)CCCCCC. The van der Waals surface area contributed by atoms with E-state index in [0.29, 0.717) is 12.2 Å². The molecule has 0 amide bonds. The molecule has 4 heteroatoms. The van der Waals surface area contributed by atoms with Gasteiger partial charge in [0.15, 0.2) is 19.5 Å². The fourth-order valence-corrected chi connectivity index (χ4v) is 6.87. The van der Waals surface area contributed by atoms with Gasteiger partial charge in [0.05, 0.1) is 0 Å². The Morgan fingerprint density at radius 3 is 1.27 bits per heavy atom. The maximum absolute atomic E-state index is 6.31. The predicted octanol–water partition coefficient (Wildman–Crippen LogP) is 6.30. The monoisotopic (exact) mass is 402 g/mol. The zero-order chi connectivity index (χ0) is 19.3. The van der Waals surface area contributed by atoms with Crippen LogP contribution in [0.4, 0.5) is 0 Å². The van der Waals surface area contributed by atoms with E-state index >= 15 is 0 Å². The smallest absolute Gasteiger partial charge is 0.161 e. The Kier molecular flexibility index (Phi) is 21.9. The Labute approximate surface area is 170 Å². The van der Waals surface area contributed by atoms with Crippen molar-refractivity contribution in [1.29, 1.82) is 0 Å². The molecule has 0 N–H and O–H groups in total. The Morgan fingerprint density at radius 2 is 0.923 bits per heavy atom. The van der Waals surface area contributed by atoms with Crippen LogP contribution in [0.5, 0.6) is 0 Å². The first-order valence-electron chi connectivity index (χ1n) is 12.0. The largest absolute Gasteiger partial charge is 0.421 e. The first-order valence-corrected chi connectivity index (χ1v) is 15.2. The molecular formula is C22H50O2Si2. The van der Waals surface area contributed by atoms with Crippen LogP contribution in [0, 0.1) is 0 Å². The highest BCUT2D eigenvalue weighted by Crippen LogP contribution is 2.15. The number of hydrogen-bond acceptors (Lipinski definition) is 2. The molecular weight excluding hydrogens is 352 g/mol. The third-order valence-electron chi connectivity index (χ3n) is 5.23. The normalized spacial score (nSPS) is 14.8. The Hall–Kier alpha value is 0.354. The highest BCUT2D eigenvalue weighted by atomic mass is 28.2. The molecule has 0 aromatic heterocycles. The highest BCUT2D eigenvalue weighted by Gasteiger charge is 2.09. The maximum Gasteiger partial charge on any atom is 0.161 e. The molecule has 158 valence electrons. The summed E-state index contributed by atoms with van der Waals surface area (Å²) in [6.45, 7) is 9.16.